The van der Waals surface area contributed by atoms with Gasteiger partial charge in [0.05, 0.1) is 16.3 Å². The molecule has 3 aromatic carbocycles. The van der Waals surface area contributed by atoms with Crippen molar-refractivity contribution >= 4 is 28.6 Å². The Morgan fingerprint density at radius 3 is 2.24 bits per heavy atom. The third-order valence-corrected chi connectivity index (χ3v) is 4.54. The summed E-state index contributed by atoms with van der Waals surface area (Å²) in [6.45, 7) is 0. The molecular weight excluding hydrogens is 380 g/mol. The third-order valence-electron chi connectivity index (χ3n) is 4.54. The maximum Gasteiger partial charge on any atom is 0.271 e. The smallest absolute Gasteiger partial charge is 0.271 e. The molecule has 1 heterocycles. The van der Waals surface area contributed by atoms with Gasteiger partial charge in [0, 0.05) is 17.8 Å². The molecule has 4 N–H and O–H groups in total. The van der Waals surface area contributed by atoms with Crippen LogP contribution in [0.25, 0.3) is 0 Å². The first-order valence-electron chi connectivity index (χ1n) is 8.58. The van der Waals surface area contributed by atoms with Crippen molar-refractivity contribution in [2.75, 3.05) is 10.6 Å². The van der Waals surface area contributed by atoms with Gasteiger partial charge in [-0.05, 0) is 48.0 Å². The Kier molecular flexibility index (Phi) is 4.44. The predicted molar refractivity (Wildman–Crippen MR) is 106 cm³/mol. The number of nitro groups is 1. The van der Waals surface area contributed by atoms with E-state index in [1.807, 2.05) is 0 Å². The SMILES string of the molecule is NC1(c2ccc(F)cc2)Nc2ccc([N+](=O)[O-])cc2N=C1Nc1ccc(F)cc1. The van der Waals surface area contributed by atoms with Crippen LogP contribution in [0.5, 0.6) is 0 Å². The van der Waals surface area contributed by atoms with Gasteiger partial charge >= 0.3 is 0 Å². The number of nitrogens with two attached hydrogens (primary N) is 1. The highest BCUT2D eigenvalue weighted by atomic mass is 19.1. The first kappa shape index (κ1) is 18.5. The Morgan fingerprint density at radius 1 is 1.00 bits per heavy atom. The van der Waals surface area contributed by atoms with Gasteiger partial charge in [0.1, 0.15) is 11.6 Å². The first-order valence-corrected chi connectivity index (χ1v) is 8.58. The highest BCUT2D eigenvalue weighted by molar-refractivity contribution is 6.08. The molecule has 0 fully saturated rings. The predicted octanol–water partition coefficient (Wildman–Crippen LogP) is 4.25. The van der Waals surface area contributed by atoms with E-state index in [2.05, 4.69) is 15.6 Å². The number of fused-ring (bicyclic) bond motifs is 1. The molecule has 0 saturated carbocycles. The number of rotatable bonds is 3. The van der Waals surface area contributed by atoms with Gasteiger partial charge in [-0.3, -0.25) is 15.8 Å². The molecule has 0 aromatic heterocycles. The summed E-state index contributed by atoms with van der Waals surface area (Å²) < 4.78 is 26.7. The fourth-order valence-corrected chi connectivity index (χ4v) is 3.03. The number of nitro benzene ring substituents is 1. The number of benzene rings is 3. The highest BCUT2D eigenvalue weighted by Gasteiger charge is 2.38. The molecule has 0 spiro atoms. The summed E-state index contributed by atoms with van der Waals surface area (Å²) in [6.07, 6.45) is 0. The van der Waals surface area contributed by atoms with Crippen LogP contribution < -0.4 is 16.4 Å². The lowest BCUT2D eigenvalue weighted by atomic mass is 9.95. The highest BCUT2D eigenvalue weighted by Crippen LogP contribution is 2.38. The molecule has 1 aliphatic rings. The van der Waals surface area contributed by atoms with Crippen molar-refractivity contribution in [1.82, 2.24) is 0 Å². The van der Waals surface area contributed by atoms with E-state index in [1.54, 1.807) is 0 Å². The Bertz CT molecular complexity index is 1120. The molecule has 29 heavy (non-hydrogen) atoms. The standard InChI is InChI=1S/C20H15F2N5O2/c21-13-3-1-12(2-4-13)20(23)19(24-15-7-5-14(22)6-8-15)25-18-11-16(27(28)29)9-10-17(18)26-20/h1-11,26H,23H2,(H,24,25). The Labute approximate surface area is 164 Å². The van der Waals surface area contributed by atoms with Crippen molar-refractivity contribution < 1.29 is 13.7 Å². The molecule has 146 valence electrons. The maximum atomic E-state index is 13.4. The summed E-state index contributed by atoms with van der Waals surface area (Å²) in [6, 6.07) is 15.3. The summed E-state index contributed by atoms with van der Waals surface area (Å²) in [5.74, 6) is -0.615. The summed E-state index contributed by atoms with van der Waals surface area (Å²) in [5, 5.41) is 17.3. The van der Waals surface area contributed by atoms with Gasteiger partial charge in [-0.25, -0.2) is 13.8 Å². The molecule has 0 bridgehead atoms. The lowest BCUT2D eigenvalue weighted by Gasteiger charge is -2.37. The number of hydrogen-bond donors (Lipinski definition) is 3. The van der Waals surface area contributed by atoms with Crippen LogP contribution in [-0.2, 0) is 5.66 Å². The van der Waals surface area contributed by atoms with E-state index in [-0.39, 0.29) is 11.5 Å². The van der Waals surface area contributed by atoms with Crippen molar-refractivity contribution in [3.8, 4) is 0 Å². The molecule has 7 nitrogen and oxygen atoms in total. The molecule has 1 unspecified atom stereocenters. The fraction of sp³-hybridized carbons (Fsp3) is 0.0500. The second kappa shape index (κ2) is 6.95. The van der Waals surface area contributed by atoms with E-state index in [0.717, 1.165) is 0 Å². The number of non-ortho nitro benzene ring substituents is 1. The topological polar surface area (TPSA) is 106 Å². The zero-order valence-corrected chi connectivity index (χ0v) is 14.9. The average Bonchev–Trinajstić information content (AvgIpc) is 2.70. The number of amidine groups is 1. The molecule has 3 aromatic rings. The van der Waals surface area contributed by atoms with Crippen molar-refractivity contribution in [2.24, 2.45) is 10.7 Å². The quantitative estimate of drug-likeness (QED) is 0.454. The van der Waals surface area contributed by atoms with Gasteiger partial charge in [0.25, 0.3) is 5.69 Å². The Morgan fingerprint density at radius 2 is 1.62 bits per heavy atom. The van der Waals surface area contributed by atoms with Crippen molar-refractivity contribution in [1.29, 1.82) is 0 Å². The van der Waals surface area contributed by atoms with Crippen LogP contribution in [0, 0.1) is 21.7 Å². The average molecular weight is 395 g/mol. The van der Waals surface area contributed by atoms with Crippen molar-refractivity contribution in [3.63, 3.8) is 0 Å². The lowest BCUT2D eigenvalue weighted by molar-refractivity contribution is -0.384. The molecule has 0 amide bonds. The minimum absolute atomic E-state index is 0.123. The van der Waals surface area contributed by atoms with E-state index in [9.17, 15) is 18.9 Å². The second-order valence-corrected chi connectivity index (χ2v) is 6.49. The molecule has 1 atom stereocenters. The van der Waals surface area contributed by atoms with Gasteiger partial charge < -0.3 is 10.6 Å². The fourth-order valence-electron chi connectivity index (χ4n) is 3.03. The molecule has 0 radical (unpaired) electrons. The van der Waals surface area contributed by atoms with E-state index in [1.165, 1.54) is 66.7 Å². The minimum Gasteiger partial charge on any atom is -0.356 e. The van der Waals surface area contributed by atoms with Crippen LogP contribution in [0.4, 0.5) is 31.5 Å². The maximum absolute atomic E-state index is 13.4. The Balaban J connectivity index is 1.83. The summed E-state index contributed by atoms with van der Waals surface area (Å²) in [7, 11) is 0. The van der Waals surface area contributed by atoms with E-state index in [0.29, 0.717) is 22.6 Å². The van der Waals surface area contributed by atoms with Crippen LogP contribution in [-0.4, -0.2) is 10.8 Å². The molecule has 0 saturated heterocycles. The zero-order valence-electron chi connectivity index (χ0n) is 14.9. The number of halogens is 2. The second-order valence-electron chi connectivity index (χ2n) is 6.49. The normalized spacial score (nSPS) is 17.7. The van der Waals surface area contributed by atoms with Crippen LogP contribution >= 0.6 is 0 Å². The molecular formula is C20H15F2N5O2. The summed E-state index contributed by atoms with van der Waals surface area (Å²) in [5.41, 5.74) is 6.94. The summed E-state index contributed by atoms with van der Waals surface area (Å²) >= 11 is 0. The van der Waals surface area contributed by atoms with Gasteiger partial charge in [-0.1, -0.05) is 12.1 Å². The number of nitrogens with one attached hydrogen (secondary N) is 2. The number of aliphatic imine (C=N–C) groups is 1. The third kappa shape index (κ3) is 3.50. The van der Waals surface area contributed by atoms with Crippen molar-refractivity contribution in [3.05, 3.63) is 94.0 Å². The van der Waals surface area contributed by atoms with Gasteiger partial charge in [0.15, 0.2) is 11.5 Å². The first-order chi connectivity index (χ1) is 13.8. The molecule has 1 aliphatic heterocycles. The number of anilines is 2. The van der Waals surface area contributed by atoms with Crippen LogP contribution in [0.15, 0.2) is 71.7 Å². The van der Waals surface area contributed by atoms with Crippen LogP contribution in [0.3, 0.4) is 0 Å². The molecule has 4 rings (SSSR count). The summed E-state index contributed by atoms with van der Waals surface area (Å²) in [4.78, 5) is 15.1. The zero-order chi connectivity index (χ0) is 20.6. The molecule has 9 heteroatoms. The van der Waals surface area contributed by atoms with E-state index >= 15 is 0 Å². The van der Waals surface area contributed by atoms with Gasteiger partial charge in [-0.2, -0.15) is 0 Å². The van der Waals surface area contributed by atoms with Crippen LogP contribution in [0.2, 0.25) is 0 Å². The largest absolute Gasteiger partial charge is 0.356 e. The molecule has 0 aliphatic carbocycles. The lowest BCUT2D eigenvalue weighted by Crippen LogP contribution is -2.55. The van der Waals surface area contributed by atoms with Gasteiger partial charge in [-0.15, -0.1) is 0 Å². The van der Waals surface area contributed by atoms with E-state index in [4.69, 9.17) is 5.73 Å². The van der Waals surface area contributed by atoms with E-state index < -0.39 is 22.2 Å². The van der Waals surface area contributed by atoms with Crippen molar-refractivity contribution in [2.45, 2.75) is 5.66 Å². The monoisotopic (exact) mass is 395 g/mol. The van der Waals surface area contributed by atoms with Crippen LogP contribution in [0.1, 0.15) is 5.56 Å². The minimum atomic E-state index is -1.38. The number of hydrogen-bond acceptors (Lipinski definition) is 6. The Hall–Kier alpha value is -3.85. The number of nitrogens with zero attached hydrogens (tertiary/aromatic N) is 2. The van der Waals surface area contributed by atoms with Gasteiger partial charge in [0.2, 0.25) is 0 Å².